The maximum Gasteiger partial charge on any atom is 0.343 e. The van der Waals surface area contributed by atoms with Crippen LogP contribution in [0.3, 0.4) is 0 Å². The lowest BCUT2D eigenvalue weighted by Crippen LogP contribution is -2.16. The van der Waals surface area contributed by atoms with Crippen molar-refractivity contribution in [2.75, 3.05) is 0 Å². The highest BCUT2D eigenvalue weighted by Crippen LogP contribution is 2.28. The van der Waals surface area contributed by atoms with Crippen LogP contribution < -0.4 is 5.69 Å². The molecule has 0 aliphatic heterocycles. The van der Waals surface area contributed by atoms with E-state index < -0.39 is 0 Å². The van der Waals surface area contributed by atoms with Gasteiger partial charge in [-0.25, -0.2) is 9.89 Å². The molecule has 0 bridgehead atoms. The monoisotopic (exact) mass is 309 g/mol. The molecule has 2 heterocycles. The van der Waals surface area contributed by atoms with E-state index in [4.69, 9.17) is 0 Å². The number of hydrogen-bond donors (Lipinski definition) is 1. The van der Waals surface area contributed by atoms with Crippen molar-refractivity contribution < 1.29 is 0 Å². The lowest BCUT2D eigenvalue weighted by Gasteiger charge is -1.94. The van der Waals surface area contributed by atoms with Gasteiger partial charge in [-0.05, 0) is 29.7 Å². The molecule has 0 atom stereocenters. The van der Waals surface area contributed by atoms with Crippen molar-refractivity contribution in [2.24, 2.45) is 0 Å². The van der Waals surface area contributed by atoms with E-state index in [1.54, 1.807) is 15.9 Å². The van der Waals surface area contributed by atoms with E-state index in [-0.39, 0.29) is 5.69 Å². The van der Waals surface area contributed by atoms with Gasteiger partial charge in [-0.15, -0.1) is 11.3 Å². The molecular formula is C11H8BrN3OS. The lowest BCUT2D eigenvalue weighted by molar-refractivity contribution is 0.772. The molecule has 86 valence electrons. The fourth-order valence-corrected chi connectivity index (χ4v) is 3.12. The van der Waals surface area contributed by atoms with Crippen LogP contribution >= 0.6 is 27.3 Å². The fraction of sp³-hybridized carbons (Fsp3) is 0.0909. The summed E-state index contributed by atoms with van der Waals surface area (Å²) in [6, 6.07) is 8.27. The third-order valence-electron chi connectivity index (χ3n) is 2.47. The number of fused-ring (bicyclic) bond motifs is 1. The topological polar surface area (TPSA) is 50.7 Å². The molecule has 0 unspecified atom stereocenters. The highest BCUT2D eigenvalue weighted by molar-refractivity contribution is 9.10. The Morgan fingerprint density at radius 3 is 3.06 bits per heavy atom. The van der Waals surface area contributed by atoms with Crippen molar-refractivity contribution >= 4 is 37.4 Å². The first kappa shape index (κ1) is 10.7. The van der Waals surface area contributed by atoms with Gasteiger partial charge in [0.05, 0.1) is 6.54 Å². The molecule has 3 aromatic rings. The van der Waals surface area contributed by atoms with Gasteiger partial charge in [0, 0.05) is 14.0 Å². The largest absolute Gasteiger partial charge is 0.343 e. The van der Waals surface area contributed by atoms with Gasteiger partial charge in [0.25, 0.3) is 0 Å². The van der Waals surface area contributed by atoms with Gasteiger partial charge in [0.2, 0.25) is 0 Å². The number of halogens is 1. The highest BCUT2D eigenvalue weighted by Gasteiger charge is 2.04. The van der Waals surface area contributed by atoms with Gasteiger partial charge in [-0.1, -0.05) is 15.9 Å². The zero-order chi connectivity index (χ0) is 11.8. The second-order valence-electron chi connectivity index (χ2n) is 3.68. The molecule has 0 aliphatic carbocycles. The van der Waals surface area contributed by atoms with Gasteiger partial charge in [-0.3, -0.25) is 4.57 Å². The zero-order valence-corrected chi connectivity index (χ0v) is 11.1. The molecule has 0 saturated heterocycles. The molecule has 0 spiro atoms. The van der Waals surface area contributed by atoms with Crippen LogP contribution in [0.4, 0.5) is 0 Å². The molecule has 0 radical (unpaired) electrons. The summed E-state index contributed by atoms with van der Waals surface area (Å²) in [6.07, 6.45) is 1.52. The molecule has 1 aromatic carbocycles. The van der Waals surface area contributed by atoms with E-state index in [2.05, 4.69) is 44.3 Å². The molecule has 2 aromatic heterocycles. The van der Waals surface area contributed by atoms with Crippen molar-refractivity contribution in [2.45, 2.75) is 6.54 Å². The second-order valence-corrected chi connectivity index (χ2v) is 5.77. The Hall–Kier alpha value is -1.40. The molecule has 1 N–H and O–H groups in total. The van der Waals surface area contributed by atoms with Crippen molar-refractivity contribution in [1.82, 2.24) is 14.8 Å². The first-order chi connectivity index (χ1) is 8.22. The Balaban J connectivity index is 2.01. The molecule has 4 nitrogen and oxygen atoms in total. The van der Waals surface area contributed by atoms with Gasteiger partial charge in [0.1, 0.15) is 6.33 Å². The fourth-order valence-electron chi connectivity index (χ4n) is 1.70. The summed E-state index contributed by atoms with van der Waals surface area (Å²) in [7, 11) is 0. The van der Waals surface area contributed by atoms with E-state index in [1.165, 1.54) is 16.4 Å². The van der Waals surface area contributed by atoms with Crippen LogP contribution in [-0.2, 0) is 6.54 Å². The van der Waals surface area contributed by atoms with Gasteiger partial charge in [0.15, 0.2) is 0 Å². The smallest absolute Gasteiger partial charge is 0.276 e. The van der Waals surface area contributed by atoms with Crippen molar-refractivity contribution in [1.29, 1.82) is 0 Å². The molecule has 3 rings (SSSR count). The molecule has 0 saturated carbocycles. The Labute approximate surface area is 109 Å². The molecule has 6 heteroatoms. The van der Waals surface area contributed by atoms with E-state index in [9.17, 15) is 4.79 Å². The lowest BCUT2D eigenvalue weighted by atomic mass is 10.2. The Morgan fingerprint density at radius 1 is 1.41 bits per heavy atom. The minimum atomic E-state index is -0.177. The van der Waals surface area contributed by atoms with Crippen molar-refractivity contribution in [3.05, 3.63) is 50.4 Å². The molecule has 0 fully saturated rings. The normalized spacial score (nSPS) is 11.1. The van der Waals surface area contributed by atoms with E-state index >= 15 is 0 Å². The third-order valence-corrected chi connectivity index (χ3v) is 4.07. The zero-order valence-electron chi connectivity index (χ0n) is 8.68. The predicted octanol–water partition coefficient (Wildman–Crippen LogP) is 2.60. The number of aromatic amines is 1. The molecule has 0 aliphatic rings. The summed E-state index contributed by atoms with van der Waals surface area (Å²) >= 11 is 5.14. The summed E-state index contributed by atoms with van der Waals surface area (Å²) in [6.45, 7) is 0.562. The summed E-state index contributed by atoms with van der Waals surface area (Å²) in [5.41, 5.74) is -0.177. The van der Waals surface area contributed by atoms with E-state index in [0.717, 1.165) is 9.35 Å². The number of thiophene rings is 1. The third kappa shape index (κ3) is 2.05. The minimum Gasteiger partial charge on any atom is -0.276 e. The summed E-state index contributed by atoms with van der Waals surface area (Å²) in [5, 5.41) is 7.29. The SMILES string of the molecule is O=c1[nH]ncn1Cc1cc2cc(Br)ccc2s1. The number of H-pyrrole nitrogens is 1. The van der Waals surface area contributed by atoms with Crippen LogP contribution in [0.1, 0.15) is 4.88 Å². The van der Waals surface area contributed by atoms with E-state index in [0.29, 0.717) is 6.54 Å². The number of nitrogens with zero attached hydrogens (tertiary/aromatic N) is 2. The Kier molecular flexibility index (Phi) is 2.60. The number of benzene rings is 1. The van der Waals surface area contributed by atoms with Crippen LogP contribution in [0.2, 0.25) is 0 Å². The van der Waals surface area contributed by atoms with Gasteiger partial charge in [-0.2, -0.15) is 5.10 Å². The number of nitrogens with one attached hydrogen (secondary N) is 1. The van der Waals surface area contributed by atoms with Crippen molar-refractivity contribution in [3.8, 4) is 0 Å². The maximum absolute atomic E-state index is 11.3. The molecule has 0 amide bonds. The van der Waals surface area contributed by atoms with Crippen molar-refractivity contribution in [3.63, 3.8) is 0 Å². The number of aromatic nitrogens is 3. The van der Waals surface area contributed by atoms with Crippen LogP contribution in [0, 0.1) is 0 Å². The van der Waals surface area contributed by atoms with Gasteiger partial charge < -0.3 is 0 Å². The maximum atomic E-state index is 11.3. The van der Waals surface area contributed by atoms with Crippen LogP contribution in [0.25, 0.3) is 10.1 Å². The Bertz CT molecular complexity index is 727. The van der Waals surface area contributed by atoms with E-state index in [1.807, 2.05) is 6.07 Å². The van der Waals surface area contributed by atoms with Crippen LogP contribution in [-0.4, -0.2) is 14.8 Å². The summed E-state index contributed by atoms with van der Waals surface area (Å²) in [5.74, 6) is 0. The Morgan fingerprint density at radius 2 is 2.29 bits per heavy atom. The second kappa shape index (κ2) is 4.12. The molecular weight excluding hydrogens is 302 g/mol. The number of hydrogen-bond acceptors (Lipinski definition) is 3. The summed E-state index contributed by atoms with van der Waals surface area (Å²) in [4.78, 5) is 12.5. The summed E-state index contributed by atoms with van der Waals surface area (Å²) < 4.78 is 3.84. The average Bonchev–Trinajstić information content (AvgIpc) is 2.85. The molecule has 17 heavy (non-hydrogen) atoms. The number of rotatable bonds is 2. The first-order valence-corrected chi connectivity index (χ1v) is 6.61. The quantitative estimate of drug-likeness (QED) is 0.791. The average molecular weight is 310 g/mol. The highest BCUT2D eigenvalue weighted by atomic mass is 79.9. The predicted molar refractivity (Wildman–Crippen MR) is 71.5 cm³/mol. The first-order valence-electron chi connectivity index (χ1n) is 5.00. The van der Waals surface area contributed by atoms with Crippen LogP contribution in [0.15, 0.2) is 39.9 Å². The van der Waals surface area contributed by atoms with Crippen LogP contribution in [0.5, 0.6) is 0 Å². The van der Waals surface area contributed by atoms with Gasteiger partial charge >= 0.3 is 5.69 Å². The standard InChI is InChI=1S/C11H8BrN3OS/c12-8-1-2-10-7(3-8)4-9(17-10)5-15-6-13-14-11(15)16/h1-4,6H,5H2,(H,14,16). The minimum absolute atomic E-state index is 0.177.